The van der Waals surface area contributed by atoms with Gasteiger partial charge >= 0.3 is 0 Å². The number of pyridine rings is 1. The summed E-state index contributed by atoms with van der Waals surface area (Å²) < 4.78 is 12.0. The first-order valence-corrected chi connectivity index (χ1v) is 9.17. The number of rotatable bonds is 3. The van der Waals surface area contributed by atoms with Crippen LogP contribution in [-0.4, -0.2) is 12.1 Å². The predicted octanol–water partition coefficient (Wildman–Crippen LogP) is 4.53. The zero-order chi connectivity index (χ0) is 19.0. The molecule has 0 saturated carbocycles. The van der Waals surface area contributed by atoms with Crippen LogP contribution in [0.15, 0.2) is 70.6 Å². The molecule has 4 rings (SSSR count). The third-order valence-electron chi connectivity index (χ3n) is 5.21. The number of aromatic nitrogens is 1. The van der Waals surface area contributed by atoms with Crippen molar-refractivity contribution in [2.75, 3.05) is 7.11 Å². The Labute approximate surface area is 158 Å². The van der Waals surface area contributed by atoms with Crippen molar-refractivity contribution in [3.8, 4) is 5.75 Å². The van der Waals surface area contributed by atoms with Gasteiger partial charge in [0.15, 0.2) is 0 Å². The molecule has 0 radical (unpaired) electrons. The first-order chi connectivity index (χ1) is 13.1. The van der Waals surface area contributed by atoms with Crippen LogP contribution < -0.4 is 10.3 Å². The Morgan fingerprint density at radius 3 is 2.85 bits per heavy atom. The van der Waals surface area contributed by atoms with Crippen LogP contribution >= 0.6 is 0 Å². The van der Waals surface area contributed by atoms with Crippen LogP contribution in [0.5, 0.6) is 5.75 Å². The minimum absolute atomic E-state index is 0.0379. The van der Waals surface area contributed by atoms with E-state index in [1.807, 2.05) is 31.2 Å². The van der Waals surface area contributed by atoms with Gasteiger partial charge in [-0.05, 0) is 67.7 Å². The highest BCUT2D eigenvalue weighted by Gasteiger charge is 2.31. The van der Waals surface area contributed by atoms with Crippen LogP contribution in [-0.2, 0) is 11.2 Å². The molecule has 0 spiro atoms. The lowest BCUT2D eigenvalue weighted by Crippen LogP contribution is -2.22. The lowest BCUT2D eigenvalue weighted by Gasteiger charge is -2.30. The SMILES string of the molecule is COC1=C(C)C=C(c2ccc[nH]c2=O)CC1C1=CCc2cc(C)ccc2O1. The fourth-order valence-electron chi connectivity index (χ4n) is 3.93. The summed E-state index contributed by atoms with van der Waals surface area (Å²) >= 11 is 0. The van der Waals surface area contributed by atoms with Crippen molar-refractivity contribution in [2.24, 2.45) is 5.92 Å². The van der Waals surface area contributed by atoms with Gasteiger partial charge in [0.25, 0.3) is 5.56 Å². The predicted molar refractivity (Wildman–Crippen MR) is 106 cm³/mol. The molecule has 1 aliphatic heterocycles. The summed E-state index contributed by atoms with van der Waals surface area (Å²) in [5.74, 6) is 2.65. The van der Waals surface area contributed by atoms with Crippen LogP contribution in [0.1, 0.15) is 30.0 Å². The molecule has 4 nitrogen and oxygen atoms in total. The van der Waals surface area contributed by atoms with E-state index in [2.05, 4.69) is 30.1 Å². The third kappa shape index (κ3) is 3.23. The van der Waals surface area contributed by atoms with Crippen LogP contribution in [0, 0.1) is 12.8 Å². The Bertz CT molecular complexity index is 1040. The summed E-state index contributed by atoms with van der Waals surface area (Å²) in [7, 11) is 1.70. The minimum Gasteiger partial charge on any atom is -0.500 e. The molecular weight excluding hydrogens is 338 g/mol. The number of aromatic amines is 1. The van der Waals surface area contributed by atoms with Crippen molar-refractivity contribution in [3.63, 3.8) is 0 Å². The average molecular weight is 361 g/mol. The number of nitrogens with one attached hydrogen (secondary N) is 1. The monoisotopic (exact) mass is 361 g/mol. The summed E-state index contributed by atoms with van der Waals surface area (Å²) in [5, 5.41) is 0. The highest BCUT2D eigenvalue weighted by molar-refractivity contribution is 5.70. The molecule has 1 aliphatic carbocycles. The van der Waals surface area contributed by atoms with Crippen molar-refractivity contribution in [1.29, 1.82) is 0 Å². The molecule has 2 aromatic rings. The Balaban J connectivity index is 1.70. The number of benzene rings is 1. The molecule has 1 unspecified atom stereocenters. The molecule has 4 heteroatoms. The number of hydrogen-bond donors (Lipinski definition) is 1. The number of ether oxygens (including phenoxy) is 2. The van der Waals surface area contributed by atoms with E-state index in [9.17, 15) is 4.79 Å². The maximum atomic E-state index is 12.3. The van der Waals surface area contributed by atoms with Crippen molar-refractivity contribution in [3.05, 3.63) is 92.8 Å². The normalized spacial score (nSPS) is 19.0. The maximum Gasteiger partial charge on any atom is 0.255 e. The molecule has 0 saturated heterocycles. The number of H-pyrrole nitrogens is 1. The van der Waals surface area contributed by atoms with Crippen molar-refractivity contribution in [2.45, 2.75) is 26.7 Å². The Kier molecular flexibility index (Phi) is 4.48. The molecule has 2 aliphatic rings. The Hall–Kier alpha value is -3.01. The Morgan fingerprint density at radius 2 is 2.07 bits per heavy atom. The second kappa shape index (κ2) is 6.95. The summed E-state index contributed by atoms with van der Waals surface area (Å²) in [5.41, 5.74) is 5.07. The number of hydrogen-bond acceptors (Lipinski definition) is 3. The van der Waals surface area contributed by atoms with Crippen LogP contribution in [0.25, 0.3) is 5.57 Å². The van der Waals surface area contributed by atoms with Crippen molar-refractivity contribution in [1.82, 2.24) is 4.98 Å². The molecule has 138 valence electrons. The van der Waals surface area contributed by atoms with E-state index in [0.29, 0.717) is 12.0 Å². The lowest BCUT2D eigenvalue weighted by molar-refractivity contribution is 0.222. The van der Waals surface area contributed by atoms with Crippen LogP contribution in [0.2, 0.25) is 0 Å². The van der Waals surface area contributed by atoms with Gasteiger partial charge in [-0.3, -0.25) is 4.79 Å². The number of methoxy groups -OCH3 is 1. The van der Waals surface area contributed by atoms with Gasteiger partial charge in [0.1, 0.15) is 17.3 Å². The van der Waals surface area contributed by atoms with E-state index in [4.69, 9.17) is 9.47 Å². The summed E-state index contributed by atoms with van der Waals surface area (Å²) in [6.07, 6.45) is 7.34. The standard InChI is InChI=1S/C23H23NO3/c1-14-6-8-20-16(11-14)7-9-21(27-20)19-13-17(12-15(2)22(19)26-3)18-5-4-10-24-23(18)25/h4-6,8-12,19H,7,13H2,1-3H3,(H,24,25). The lowest BCUT2D eigenvalue weighted by atomic mass is 9.84. The smallest absolute Gasteiger partial charge is 0.255 e. The van der Waals surface area contributed by atoms with Gasteiger partial charge in [0, 0.05) is 11.8 Å². The van der Waals surface area contributed by atoms with Crippen molar-refractivity contribution < 1.29 is 9.47 Å². The molecule has 1 N–H and O–H groups in total. The van der Waals surface area contributed by atoms with Gasteiger partial charge in [-0.15, -0.1) is 0 Å². The van der Waals surface area contributed by atoms with E-state index >= 15 is 0 Å². The molecule has 0 amide bonds. The third-order valence-corrected chi connectivity index (χ3v) is 5.21. The highest BCUT2D eigenvalue weighted by Crippen LogP contribution is 2.41. The van der Waals surface area contributed by atoms with Gasteiger partial charge in [-0.25, -0.2) is 0 Å². The van der Waals surface area contributed by atoms with E-state index in [1.54, 1.807) is 13.3 Å². The largest absolute Gasteiger partial charge is 0.500 e. The van der Waals surface area contributed by atoms with E-state index < -0.39 is 0 Å². The molecule has 1 aromatic heterocycles. The summed E-state index contributed by atoms with van der Waals surface area (Å²) in [6, 6.07) is 9.97. The van der Waals surface area contributed by atoms with Gasteiger partial charge in [0.2, 0.25) is 0 Å². The van der Waals surface area contributed by atoms with E-state index in [-0.39, 0.29) is 11.5 Å². The van der Waals surface area contributed by atoms with Gasteiger partial charge < -0.3 is 14.5 Å². The molecule has 0 bridgehead atoms. The summed E-state index contributed by atoms with van der Waals surface area (Å²) in [6.45, 7) is 4.10. The Morgan fingerprint density at radius 1 is 1.22 bits per heavy atom. The van der Waals surface area contributed by atoms with Crippen LogP contribution in [0.3, 0.4) is 0 Å². The van der Waals surface area contributed by atoms with Gasteiger partial charge in [-0.2, -0.15) is 0 Å². The molecular formula is C23H23NO3. The van der Waals surface area contributed by atoms with E-state index in [1.165, 1.54) is 11.1 Å². The fraction of sp³-hybridized carbons (Fsp3) is 0.261. The number of allylic oxidation sites excluding steroid dienone is 4. The fourth-order valence-corrected chi connectivity index (χ4v) is 3.93. The zero-order valence-electron chi connectivity index (χ0n) is 15.8. The molecule has 0 fully saturated rings. The molecule has 2 heterocycles. The zero-order valence-corrected chi connectivity index (χ0v) is 15.8. The highest BCUT2D eigenvalue weighted by atomic mass is 16.5. The van der Waals surface area contributed by atoms with E-state index in [0.717, 1.165) is 34.8 Å². The van der Waals surface area contributed by atoms with Gasteiger partial charge in [0.05, 0.1) is 13.0 Å². The average Bonchev–Trinajstić information content (AvgIpc) is 2.67. The first-order valence-electron chi connectivity index (χ1n) is 9.17. The second-order valence-corrected chi connectivity index (χ2v) is 7.11. The first kappa shape index (κ1) is 17.4. The molecule has 1 atom stereocenters. The topological polar surface area (TPSA) is 51.3 Å². The summed E-state index contributed by atoms with van der Waals surface area (Å²) in [4.78, 5) is 15.0. The maximum absolute atomic E-state index is 12.3. The molecule has 1 aromatic carbocycles. The molecule has 27 heavy (non-hydrogen) atoms. The quantitative estimate of drug-likeness (QED) is 0.874. The number of aryl methyl sites for hydroxylation is 1. The number of fused-ring (bicyclic) bond motifs is 1. The van der Waals surface area contributed by atoms with Crippen molar-refractivity contribution >= 4 is 5.57 Å². The second-order valence-electron chi connectivity index (χ2n) is 7.11. The van der Waals surface area contributed by atoms with Gasteiger partial charge in [-0.1, -0.05) is 23.8 Å². The van der Waals surface area contributed by atoms with Crippen LogP contribution in [0.4, 0.5) is 0 Å². The minimum atomic E-state index is -0.0736.